The highest BCUT2D eigenvalue weighted by atomic mass is 16.5. The summed E-state index contributed by atoms with van der Waals surface area (Å²) in [7, 11) is 1.68. The molecule has 2 aliphatic rings. The summed E-state index contributed by atoms with van der Waals surface area (Å²) in [5.74, 6) is 0.866. The van der Waals surface area contributed by atoms with Crippen LogP contribution in [-0.2, 0) is 31.2 Å². The van der Waals surface area contributed by atoms with Crippen LogP contribution in [0.25, 0.3) is 22.5 Å². The minimum absolute atomic E-state index is 0.167. The lowest BCUT2D eigenvalue weighted by atomic mass is 9.90. The van der Waals surface area contributed by atoms with Gasteiger partial charge < -0.3 is 29.4 Å². The van der Waals surface area contributed by atoms with Gasteiger partial charge in [-0.25, -0.2) is 9.97 Å². The lowest BCUT2D eigenvalue weighted by Gasteiger charge is -2.37. The SMILES string of the molecule is C/C=C(/C)CN(CCNc1ccc(Nc2cc(-c3ccnc(-n4ccn5c6c(cc5c4=O)CC(C)(C)C6)c3CO)cn(C)c2=O)nc1)C1COC1. The number of aliphatic hydroxyl groups is 1. The number of nitrogens with zero attached hydrogens (tertiary/aromatic N) is 6. The van der Waals surface area contributed by atoms with Crippen molar-refractivity contribution in [1.29, 1.82) is 0 Å². The fraction of sp³-hybridized carbons (Fsp3) is 0.385. The first-order valence-corrected chi connectivity index (χ1v) is 17.5. The Morgan fingerprint density at radius 1 is 1.12 bits per heavy atom. The molecule has 0 spiro atoms. The Balaban J connectivity index is 1.11. The van der Waals surface area contributed by atoms with E-state index in [0.29, 0.717) is 45.6 Å². The van der Waals surface area contributed by atoms with Crippen molar-refractivity contribution in [3.63, 3.8) is 0 Å². The second-order valence-electron chi connectivity index (χ2n) is 14.5. The van der Waals surface area contributed by atoms with Crippen molar-refractivity contribution in [3.8, 4) is 16.9 Å². The normalized spacial score (nSPS) is 15.7. The zero-order valence-electron chi connectivity index (χ0n) is 29.9. The average molecular weight is 691 g/mol. The molecule has 0 aromatic carbocycles. The molecule has 0 bridgehead atoms. The first kappa shape index (κ1) is 34.4. The van der Waals surface area contributed by atoms with Crippen LogP contribution in [0.1, 0.15) is 44.5 Å². The van der Waals surface area contributed by atoms with Gasteiger partial charge in [0.15, 0.2) is 0 Å². The summed E-state index contributed by atoms with van der Waals surface area (Å²) in [5, 5.41) is 17.3. The van der Waals surface area contributed by atoms with Crippen LogP contribution in [0.3, 0.4) is 0 Å². The Morgan fingerprint density at radius 2 is 1.94 bits per heavy atom. The molecule has 1 aliphatic heterocycles. The summed E-state index contributed by atoms with van der Waals surface area (Å²) >= 11 is 0. The van der Waals surface area contributed by atoms with E-state index in [9.17, 15) is 14.7 Å². The number of rotatable bonds is 12. The number of pyridine rings is 3. The van der Waals surface area contributed by atoms with E-state index in [1.165, 1.54) is 26.0 Å². The minimum Gasteiger partial charge on any atom is -0.392 e. The maximum atomic E-state index is 13.8. The zero-order chi connectivity index (χ0) is 35.9. The number of fused-ring (bicyclic) bond motifs is 3. The summed E-state index contributed by atoms with van der Waals surface area (Å²) < 4.78 is 10.4. The number of anilines is 3. The maximum Gasteiger partial charge on any atom is 0.280 e. The second kappa shape index (κ2) is 13.9. The second-order valence-corrected chi connectivity index (χ2v) is 14.5. The van der Waals surface area contributed by atoms with E-state index in [0.717, 1.165) is 51.4 Å². The van der Waals surface area contributed by atoms with Gasteiger partial charge in [-0.3, -0.25) is 19.1 Å². The predicted molar refractivity (Wildman–Crippen MR) is 200 cm³/mol. The molecule has 0 atom stereocenters. The van der Waals surface area contributed by atoms with E-state index in [4.69, 9.17) is 4.74 Å². The van der Waals surface area contributed by atoms with Crippen LogP contribution in [0.15, 0.2) is 82.6 Å². The number of hydrogen-bond donors (Lipinski definition) is 3. The highest BCUT2D eigenvalue weighted by Crippen LogP contribution is 2.37. The Bertz CT molecular complexity index is 2230. The molecule has 12 heteroatoms. The Labute approximate surface area is 297 Å². The average Bonchev–Trinajstić information content (AvgIpc) is 3.58. The molecule has 0 unspecified atom stereocenters. The van der Waals surface area contributed by atoms with E-state index >= 15 is 0 Å². The molecule has 1 saturated heterocycles. The molecule has 0 radical (unpaired) electrons. The van der Waals surface area contributed by atoms with E-state index in [1.54, 1.807) is 44.0 Å². The van der Waals surface area contributed by atoms with Crippen LogP contribution >= 0.6 is 0 Å². The fourth-order valence-corrected chi connectivity index (χ4v) is 7.18. The van der Waals surface area contributed by atoms with Gasteiger partial charge in [0.25, 0.3) is 11.1 Å². The molecule has 3 N–H and O–H groups in total. The Kier molecular flexibility index (Phi) is 9.40. The van der Waals surface area contributed by atoms with Gasteiger partial charge in [-0.2, -0.15) is 0 Å². The number of ether oxygens (including phenoxy) is 1. The Morgan fingerprint density at radius 3 is 2.65 bits per heavy atom. The van der Waals surface area contributed by atoms with Gasteiger partial charge in [-0.1, -0.05) is 25.5 Å². The third-order valence-electron chi connectivity index (χ3n) is 10.1. The summed E-state index contributed by atoms with van der Waals surface area (Å²) in [6.07, 6.45) is 12.7. The van der Waals surface area contributed by atoms with Crippen LogP contribution in [0.4, 0.5) is 17.2 Å². The number of allylic oxidation sites excluding steroid dienone is 1. The summed E-state index contributed by atoms with van der Waals surface area (Å²) in [6, 6.07) is 9.73. The van der Waals surface area contributed by atoms with Crippen LogP contribution in [0.2, 0.25) is 0 Å². The topological polar surface area (TPSA) is 131 Å². The minimum atomic E-state index is -0.357. The first-order valence-electron chi connectivity index (χ1n) is 17.5. The van der Waals surface area contributed by atoms with Crippen LogP contribution in [0, 0.1) is 5.41 Å². The van der Waals surface area contributed by atoms with Gasteiger partial charge in [-0.05, 0) is 73.6 Å². The zero-order valence-corrected chi connectivity index (χ0v) is 29.9. The largest absolute Gasteiger partial charge is 0.392 e. The fourth-order valence-electron chi connectivity index (χ4n) is 7.18. The molecule has 5 aromatic rings. The quantitative estimate of drug-likeness (QED) is 0.160. The predicted octanol–water partition coefficient (Wildman–Crippen LogP) is 4.69. The molecule has 51 heavy (non-hydrogen) atoms. The number of nitrogens with one attached hydrogen (secondary N) is 2. The van der Waals surface area contributed by atoms with Crippen molar-refractivity contribution >= 4 is 22.7 Å². The van der Waals surface area contributed by atoms with E-state index in [-0.39, 0.29) is 23.1 Å². The summed E-state index contributed by atoms with van der Waals surface area (Å²) in [5.41, 5.74) is 7.05. The standard InChI is InChI=1S/C39H46N8O4/c1-6-25(2)20-45(29-23-51-24-29)12-11-40-28-7-8-35(42-19-28)43-32-15-27(21-44(5)37(32)49)30-9-10-41-36(31(30)22-48)47-14-13-46-33(38(47)50)16-26-17-39(3,4)18-34(26)46/h6-10,13-16,19,21,29,40,48H,11-12,17-18,20,22-24H2,1-5H3,(H,42,43)/b25-6-. The molecular weight excluding hydrogens is 644 g/mol. The van der Waals surface area contributed by atoms with E-state index in [2.05, 4.69) is 59.3 Å². The van der Waals surface area contributed by atoms with Crippen LogP contribution in [0.5, 0.6) is 0 Å². The highest BCUT2D eigenvalue weighted by Gasteiger charge is 2.32. The smallest absolute Gasteiger partial charge is 0.280 e. The first-order chi connectivity index (χ1) is 24.5. The molecule has 266 valence electrons. The van der Waals surface area contributed by atoms with Crippen molar-refractivity contribution in [2.45, 2.75) is 53.2 Å². The number of aliphatic hydroxyl groups excluding tert-OH is 1. The lowest BCUT2D eigenvalue weighted by Crippen LogP contribution is -2.51. The van der Waals surface area contributed by atoms with Crippen molar-refractivity contribution in [2.24, 2.45) is 12.5 Å². The molecule has 0 amide bonds. The summed E-state index contributed by atoms with van der Waals surface area (Å²) in [4.78, 5) is 38.6. The van der Waals surface area contributed by atoms with E-state index in [1.807, 2.05) is 28.8 Å². The lowest BCUT2D eigenvalue weighted by molar-refractivity contribution is -0.0605. The molecule has 12 nitrogen and oxygen atoms in total. The van der Waals surface area contributed by atoms with Crippen molar-refractivity contribution in [2.75, 3.05) is 43.5 Å². The Hall–Kier alpha value is -5.04. The third-order valence-corrected chi connectivity index (χ3v) is 10.1. The maximum absolute atomic E-state index is 13.8. The molecule has 1 fully saturated rings. The van der Waals surface area contributed by atoms with Gasteiger partial charge >= 0.3 is 0 Å². The highest BCUT2D eigenvalue weighted by molar-refractivity contribution is 5.73. The van der Waals surface area contributed by atoms with Gasteiger partial charge in [0.2, 0.25) is 0 Å². The molecule has 1 aliphatic carbocycles. The molecule has 0 saturated carbocycles. The van der Waals surface area contributed by atoms with Crippen molar-refractivity contribution < 1.29 is 9.84 Å². The van der Waals surface area contributed by atoms with Crippen LogP contribution in [-0.4, -0.2) is 72.4 Å². The third kappa shape index (κ3) is 6.86. The van der Waals surface area contributed by atoms with E-state index < -0.39 is 0 Å². The number of hydrogen-bond acceptors (Lipinski definition) is 9. The molecule has 5 aromatic heterocycles. The van der Waals surface area contributed by atoms with Crippen LogP contribution < -0.4 is 21.8 Å². The van der Waals surface area contributed by atoms with Gasteiger partial charge in [0.1, 0.15) is 22.8 Å². The number of aryl methyl sites for hydroxylation is 1. The van der Waals surface area contributed by atoms with Crippen molar-refractivity contribution in [3.05, 3.63) is 110 Å². The number of aromatic nitrogens is 5. The van der Waals surface area contributed by atoms with Gasteiger partial charge in [-0.15, -0.1) is 0 Å². The summed E-state index contributed by atoms with van der Waals surface area (Å²) in [6.45, 7) is 12.4. The molecule has 6 heterocycles. The van der Waals surface area contributed by atoms with Gasteiger partial charge in [0, 0.05) is 68.3 Å². The van der Waals surface area contributed by atoms with Crippen molar-refractivity contribution in [1.82, 2.24) is 28.4 Å². The monoisotopic (exact) mass is 690 g/mol. The van der Waals surface area contributed by atoms with Gasteiger partial charge in [0.05, 0.1) is 37.7 Å². The molecular formula is C39H46N8O4. The molecule has 7 rings (SSSR count).